The molecule has 3 nitrogen and oxygen atoms in total. The third kappa shape index (κ3) is 3.55. The Kier molecular flexibility index (Phi) is 4.85. The third-order valence-corrected chi connectivity index (χ3v) is 3.25. The molecule has 21 heavy (non-hydrogen) atoms. The van der Waals surface area contributed by atoms with Crippen LogP contribution >= 0.6 is 11.6 Å². The molecule has 1 N–H and O–H groups in total. The zero-order valence-corrected chi connectivity index (χ0v) is 12.3. The van der Waals surface area contributed by atoms with Crippen LogP contribution in [0.3, 0.4) is 0 Å². The minimum absolute atomic E-state index is 0.0191. The summed E-state index contributed by atoms with van der Waals surface area (Å²) in [7, 11) is 3.09. The van der Waals surface area contributed by atoms with Crippen molar-refractivity contribution >= 4 is 17.3 Å². The summed E-state index contributed by atoms with van der Waals surface area (Å²) in [4.78, 5) is 0. The van der Waals surface area contributed by atoms with E-state index in [4.69, 9.17) is 21.1 Å². The lowest BCUT2D eigenvalue weighted by Gasteiger charge is -2.13. The fourth-order valence-electron chi connectivity index (χ4n) is 1.91. The topological polar surface area (TPSA) is 30.5 Å². The first-order chi connectivity index (χ1) is 10.0. The van der Waals surface area contributed by atoms with E-state index in [0.717, 1.165) is 17.7 Å². The lowest BCUT2D eigenvalue weighted by Crippen LogP contribution is -2.04. The highest BCUT2D eigenvalue weighted by atomic mass is 35.5. The normalized spacial score (nSPS) is 10.3. The van der Waals surface area contributed by atoms with Crippen LogP contribution in [0.5, 0.6) is 11.5 Å². The summed E-state index contributed by atoms with van der Waals surface area (Å²) in [6.07, 6.45) is 0. The Morgan fingerprint density at radius 1 is 1.10 bits per heavy atom. The van der Waals surface area contributed by atoms with E-state index in [1.807, 2.05) is 0 Å². The number of anilines is 1. The van der Waals surface area contributed by atoms with Crippen LogP contribution in [-0.2, 0) is 6.54 Å². The van der Waals surface area contributed by atoms with Gasteiger partial charge in [-0.3, -0.25) is 0 Å². The molecule has 2 aromatic carbocycles. The molecule has 0 heterocycles. The number of ether oxygens (including phenoxy) is 2. The van der Waals surface area contributed by atoms with E-state index in [9.17, 15) is 8.78 Å². The number of methoxy groups -OCH3 is 2. The highest BCUT2D eigenvalue weighted by Crippen LogP contribution is 2.29. The van der Waals surface area contributed by atoms with Crippen LogP contribution in [0, 0.1) is 11.6 Å². The predicted molar refractivity (Wildman–Crippen MR) is 78.2 cm³/mol. The van der Waals surface area contributed by atoms with Crippen molar-refractivity contribution in [1.82, 2.24) is 0 Å². The smallest absolute Gasteiger partial charge is 0.150 e. The highest BCUT2D eigenvalue weighted by molar-refractivity contribution is 6.33. The van der Waals surface area contributed by atoms with Crippen molar-refractivity contribution in [1.29, 1.82) is 0 Å². The summed E-state index contributed by atoms with van der Waals surface area (Å²) in [6, 6.07) is 7.10. The van der Waals surface area contributed by atoms with Gasteiger partial charge < -0.3 is 14.8 Å². The Morgan fingerprint density at radius 2 is 1.86 bits per heavy atom. The molecular weight excluding hydrogens is 300 g/mol. The molecule has 0 saturated heterocycles. The van der Waals surface area contributed by atoms with E-state index in [2.05, 4.69) is 5.32 Å². The molecule has 0 radical (unpaired) electrons. The number of rotatable bonds is 5. The van der Waals surface area contributed by atoms with Gasteiger partial charge in [0.05, 0.1) is 24.9 Å². The van der Waals surface area contributed by atoms with Crippen molar-refractivity contribution in [3.63, 3.8) is 0 Å². The van der Waals surface area contributed by atoms with Gasteiger partial charge in [0.15, 0.2) is 5.82 Å². The van der Waals surface area contributed by atoms with Crippen molar-refractivity contribution in [2.24, 2.45) is 0 Å². The van der Waals surface area contributed by atoms with Crippen molar-refractivity contribution < 1.29 is 18.3 Å². The first kappa shape index (κ1) is 15.4. The van der Waals surface area contributed by atoms with Gasteiger partial charge in [0, 0.05) is 18.2 Å². The molecule has 0 bridgehead atoms. The SMILES string of the molecule is COc1ccc(OC)c(CNc2c(F)cc(F)cc2Cl)c1. The second-order valence-corrected chi connectivity index (χ2v) is 4.68. The lowest BCUT2D eigenvalue weighted by molar-refractivity contribution is 0.399. The van der Waals surface area contributed by atoms with Gasteiger partial charge in [0.25, 0.3) is 0 Å². The van der Waals surface area contributed by atoms with Crippen LogP contribution in [0.15, 0.2) is 30.3 Å². The van der Waals surface area contributed by atoms with Crippen molar-refractivity contribution in [3.8, 4) is 11.5 Å². The Bertz CT molecular complexity index is 627. The summed E-state index contributed by atoms with van der Waals surface area (Å²) in [6.45, 7) is 0.253. The summed E-state index contributed by atoms with van der Waals surface area (Å²) in [5, 5.41) is 2.82. The molecule has 112 valence electrons. The molecule has 0 fully saturated rings. The molecule has 0 amide bonds. The Labute approximate surface area is 126 Å². The molecule has 0 atom stereocenters. The molecule has 0 aliphatic rings. The van der Waals surface area contributed by atoms with Gasteiger partial charge in [0.1, 0.15) is 17.3 Å². The quantitative estimate of drug-likeness (QED) is 0.895. The van der Waals surface area contributed by atoms with Gasteiger partial charge in [-0.05, 0) is 24.3 Å². The maximum absolute atomic E-state index is 13.7. The standard InChI is InChI=1S/C15H14ClF2NO2/c1-20-11-3-4-14(21-2)9(5-11)8-19-15-12(16)6-10(17)7-13(15)18/h3-7,19H,8H2,1-2H3. The summed E-state index contributed by atoms with van der Waals surface area (Å²) in [5.74, 6) is -0.191. The van der Waals surface area contributed by atoms with Crippen LogP contribution in [0.4, 0.5) is 14.5 Å². The summed E-state index contributed by atoms with van der Waals surface area (Å²) in [5.41, 5.74) is 0.805. The Morgan fingerprint density at radius 3 is 2.48 bits per heavy atom. The van der Waals surface area contributed by atoms with Gasteiger partial charge in [-0.2, -0.15) is 0 Å². The zero-order chi connectivity index (χ0) is 15.4. The average molecular weight is 314 g/mol. The zero-order valence-electron chi connectivity index (χ0n) is 11.5. The van der Waals surface area contributed by atoms with Gasteiger partial charge >= 0.3 is 0 Å². The van der Waals surface area contributed by atoms with E-state index >= 15 is 0 Å². The Hall–Kier alpha value is -2.01. The molecule has 2 rings (SSSR count). The number of benzene rings is 2. The number of hydrogen-bond donors (Lipinski definition) is 1. The maximum Gasteiger partial charge on any atom is 0.150 e. The van der Waals surface area contributed by atoms with E-state index < -0.39 is 11.6 Å². The van der Waals surface area contributed by atoms with E-state index in [1.165, 1.54) is 7.11 Å². The maximum atomic E-state index is 13.7. The van der Waals surface area contributed by atoms with Crippen LogP contribution in [0.2, 0.25) is 5.02 Å². The second kappa shape index (κ2) is 6.63. The molecule has 0 saturated carbocycles. The van der Waals surface area contributed by atoms with Crippen molar-refractivity contribution in [2.75, 3.05) is 19.5 Å². The first-order valence-electron chi connectivity index (χ1n) is 6.14. The highest BCUT2D eigenvalue weighted by Gasteiger charge is 2.11. The van der Waals surface area contributed by atoms with Gasteiger partial charge in [-0.25, -0.2) is 8.78 Å². The number of nitrogens with one attached hydrogen (secondary N) is 1. The second-order valence-electron chi connectivity index (χ2n) is 4.28. The monoisotopic (exact) mass is 313 g/mol. The summed E-state index contributed by atoms with van der Waals surface area (Å²) >= 11 is 5.83. The van der Waals surface area contributed by atoms with E-state index in [0.29, 0.717) is 11.5 Å². The summed E-state index contributed by atoms with van der Waals surface area (Å²) < 4.78 is 37.1. The molecule has 0 aromatic heterocycles. The van der Waals surface area contributed by atoms with Crippen molar-refractivity contribution in [2.45, 2.75) is 6.54 Å². The first-order valence-corrected chi connectivity index (χ1v) is 6.52. The fraction of sp³-hybridized carbons (Fsp3) is 0.200. The van der Waals surface area contributed by atoms with Gasteiger partial charge in [-0.15, -0.1) is 0 Å². The largest absolute Gasteiger partial charge is 0.497 e. The van der Waals surface area contributed by atoms with E-state index in [1.54, 1.807) is 25.3 Å². The third-order valence-electron chi connectivity index (χ3n) is 2.95. The number of halogens is 3. The van der Waals surface area contributed by atoms with Gasteiger partial charge in [0.2, 0.25) is 0 Å². The average Bonchev–Trinajstić information content (AvgIpc) is 2.45. The molecule has 0 aliphatic carbocycles. The molecule has 2 aromatic rings. The van der Waals surface area contributed by atoms with Gasteiger partial charge in [-0.1, -0.05) is 11.6 Å². The molecule has 0 aliphatic heterocycles. The van der Waals surface area contributed by atoms with Crippen molar-refractivity contribution in [3.05, 3.63) is 52.6 Å². The molecular formula is C15H14ClF2NO2. The van der Waals surface area contributed by atoms with Crippen LogP contribution in [-0.4, -0.2) is 14.2 Å². The lowest BCUT2D eigenvalue weighted by atomic mass is 10.1. The Balaban J connectivity index is 2.24. The minimum Gasteiger partial charge on any atom is -0.497 e. The van der Waals surface area contributed by atoms with E-state index in [-0.39, 0.29) is 17.3 Å². The minimum atomic E-state index is -0.748. The van der Waals surface area contributed by atoms with Crippen LogP contribution in [0.1, 0.15) is 5.56 Å². The fourth-order valence-corrected chi connectivity index (χ4v) is 2.18. The molecule has 6 heteroatoms. The molecule has 0 spiro atoms. The van der Waals surface area contributed by atoms with Crippen LogP contribution < -0.4 is 14.8 Å². The molecule has 0 unspecified atom stereocenters. The number of hydrogen-bond acceptors (Lipinski definition) is 3. The predicted octanol–water partition coefficient (Wildman–Crippen LogP) is 4.25. The van der Waals surface area contributed by atoms with Crippen LogP contribution in [0.25, 0.3) is 0 Å².